The summed E-state index contributed by atoms with van der Waals surface area (Å²) in [6.45, 7) is 0. The Morgan fingerprint density at radius 2 is 2.23 bits per heavy atom. The summed E-state index contributed by atoms with van der Waals surface area (Å²) in [5.41, 5.74) is 0. The summed E-state index contributed by atoms with van der Waals surface area (Å²) in [5, 5.41) is 15.7. The molecular weight excluding hydrogens is 166 g/mol. The van der Waals surface area contributed by atoms with Gasteiger partial charge in [0.1, 0.15) is 0 Å². The Labute approximate surface area is 79.4 Å². The number of aliphatic imine (C=N–C) groups is 1. The highest BCUT2D eigenvalue weighted by atomic mass is 16.3. The monoisotopic (exact) mass is 185 g/mol. The molecule has 0 bridgehead atoms. The highest BCUT2D eigenvalue weighted by Gasteiger charge is 2.20. The van der Waals surface area contributed by atoms with E-state index in [4.69, 9.17) is 0 Å². The average Bonchev–Trinajstić information content (AvgIpc) is 2.14. The second-order valence-electron chi connectivity index (χ2n) is 3.48. The van der Waals surface area contributed by atoms with E-state index in [1.807, 2.05) is 7.05 Å². The van der Waals surface area contributed by atoms with Crippen molar-refractivity contribution in [2.45, 2.75) is 37.8 Å². The van der Waals surface area contributed by atoms with Gasteiger partial charge in [-0.05, 0) is 25.7 Å². The molecule has 1 saturated carbocycles. The van der Waals surface area contributed by atoms with Crippen LogP contribution in [0, 0.1) is 0 Å². The van der Waals surface area contributed by atoms with Crippen LogP contribution >= 0.6 is 0 Å². The number of nitrogens with one attached hydrogen (secondary N) is 2. The Kier molecular flexibility index (Phi) is 4.02. The van der Waals surface area contributed by atoms with Crippen molar-refractivity contribution in [1.82, 2.24) is 10.6 Å². The van der Waals surface area contributed by atoms with E-state index in [-0.39, 0.29) is 6.10 Å². The summed E-state index contributed by atoms with van der Waals surface area (Å²) >= 11 is 0. The minimum absolute atomic E-state index is 0.138. The maximum absolute atomic E-state index is 9.44. The van der Waals surface area contributed by atoms with Crippen LogP contribution in [0.15, 0.2) is 4.99 Å². The Hall–Kier alpha value is -0.770. The van der Waals surface area contributed by atoms with E-state index in [9.17, 15) is 5.11 Å². The SMILES string of the molecule is C/N=C(\NC)N[C@H]1CCC[C@H](O)C1. The van der Waals surface area contributed by atoms with E-state index in [0.717, 1.165) is 31.6 Å². The van der Waals surface area contributed by atoms with Crippen molar-refractivity contribution in [1.29, 1.82) is 0 Å². The molecule has 13 heavy (non-hydrogen) atoms. The molecule has 0 aliphatic heterocycles. The van der Waals surface area contributed by atoms with Crippen LogP contribution in [0.3, 0.4) is 0 Å². The van der Waals surface area contributed by atoms with E-state index < -0.39 is 0 Å². The predicted octanol–water partition coefficient (Wildman–Crippen LogP) is 0.0847. The molecule has 0 aromatic rings. The van der Waals surface area contributed by atoms with E-state index in [0.29, 0.717) is 6.04 Å². The van der Waals surface area contributed by atoms with Gasteiger partial charge in [0.05, 0.1) is 6.10 Å². The van der Waals surface area contributed by atoms with Crippen LogP contribution in [0.5, 0.6) is 0 Å². The third-order valence-electron chi connectivity index (χ3n) is 2.45. The molecular formula is C9H19N3O. The van der Waals surface area contributed by atoms with Gasteiger partial charge in [0.15, 0.2) is 5.96 Å². The fourth-order valence-corrected chi connectivity index (χ4v) is 1.74. The lowest BCUT2D eigenvalue weighted by molar-refractivity contribution is 0.116. The van der Waals surface area contributed by atoms with Crippen LogP contribution in [-0.2, 0) is 0 Å². The van der Waals surface area contributed by atoms with Gasteiger partial charge in [0.2, 0.25) is 0 Å². The van der Waals surface area contributed by atoms with Crippen molar-refractivity contribution < 1.29 is 5.11 Å². The molecule has 4 heteroatoms. The third-order valence-corrected chi connectivity index (χ3v) is 2.45. The molecule has 0 aromatic heterocycles. The van der Waals surface area contributed by atoms with Gasteiger partial charge in [0.25, 0.3) is 0 Å². The number of aliphatic hydroxyl groups is 1. The van der Waals surface area contributed by atoms with E-state index >= 15 is 0 Å². The molecule has 1 fully saturated rings. The zero-order chi connectivity index (χ0) is 9.68. The normalized spacial score (nSPS) is 29.9. The summed E-state index contributed by atoms with van der Waals surface area (Å²) in [7, 11) is 3.59. The lowest BCUT2D eigenvalue weighted by Gasteiger charge is -2.27. The average molecular weight is 185 g/mol. The molecule has 1 aliphatic carbocycles. The fourth-order valence-electron chi connectivity index (χ4n) is 1.74. The Morgan fingerprint density at radius 3 is 2.77 bits per heavy atom. The Morgan fingerprint density at radius 1 is 1.46 bits per heavy atom. The van der Waals surface area contributed by atoms with Gasteiger partial charge in [-0.15, -0.1) is 0 Å². The third kappa shape index (κ3) is 3.22. The van der Waals surface area contributed by atoms with Crippen LogP contribution in [0.4, 0.5) is 0 Å². The summed E-state index contributed by atoms with van der Waals surface area (Å²) in [6.07, 6.45) is 3.86. The first-order valence-electron chi connectivity index (χ1n) is 4.85. The first-order chi connectivity index (χ1) is 6.26. The number of aliphatic hydroxyl groups excluding tert-OH is 1. The topological polar surface area (TPSA) is 56.7 Å². The van der Waals surface area contributed by atoms with Crippen LogP contribution in [-0.4, -0.2) is 37.3 Å². The van der Waals surface area contributed by atoms with Crippen LogP contribution < -0.4 is 10.6 Å². The predicted molar refractivity (Wildman–Crippen MR) is 53.8 cm³/mol. The van der Waals surface area contributed by atoms with Crippen molar-refractivity contribution >= 4 is 5.96 Å². The molecule has 76 valence electrons. The molecule has 3 N–H and O–H groups in total. The molecule has 0 unspecified atom stereocenters. The van der Waals surface area contributed by atoms with E-state index in [1.165, 1.54) is 0 Å². The Balaban J connectivity index is 2.35. The largest absolute Gasteiger partial charge is 0.393 e. The maximum Gasteiger partial charge on any atom is 0.190 e. The maximum atomic E-state index is 9.44. The van der Waals surface area contributed by atoms with Crippen molar-refractivity contribution in [3.8, 4) is 0 Å². The molecule has 0 spiro atoms. The van der Waals surface area contributed by atoms with E-state index in [2.05, 4.69) is 15.6 Å². The standard InChI is InChI=1S/C9H19N3O/c1-10-9(11-2)12-7-4-3-5-8(13)6-7/h7-8,13H,3-6H2,1-2H3,(H2,10,11,12)/t7-,8-/m0/s1. The number of hydrogen-bond donors (Lipinski definition) is 3. The van der Waals surface area contributed by atoms with Gasteiger partial charge < -0.3 is 15.7 Å². The summed E-state index contributed by atoms with van der Waals surface area (Å²) in [5.74, 6) is 0.805. The molecule has 2 atom stereocenters. The van der Waals surface area contributed by atoms with Crippen molar-refractivity contribution in [2.24, 2.45) is 4.99 Å². The number of nitrogens with zero attached hydrogens (tertiary/aromatic N) is 1. The number of hydrogen-bond acceptors (Lipinski definition) is 2. The smallest absolute Gasteiger partial charge is 0.190 e. The van der Waals surface area contributed by atoms with Gasteiger partial charge in [-0.2, -0.15) is 0 Å². The van der Waals surface area contributed by atoms with E-state index in [1.54, 1.807) is 7.05 Å². The van der Waals surface area contributed by atoms with Crippen molar-refractivity contribution in [3.63, 3.8) is 0 Å². The zero-order valence-electron chi connectivity index (χ0n) is 8.38. The quantitative estimate of drug-likeness (QED) is 0.401. The van der Waals surface area contributed by atoms with Crippen LogP contribution in [0.2, 0.25) is 0 Å². The van der Waals surface area contributed by atoms with Gasteiger partial charge in [-0.25, -0.2) is 0 Å². The van der Waals surface area contributed by atoms with Crippen LogP contribution in [0.25, 0.3) is 0 Å². The summed E-state index contributed by atoms with van der Waals surface area (Å²) in [4.78, 5) is 4.04. The molecule has 0 aromatic carbocycles. The second-order valence-corrected chi connectivity index (χ2v) is 3.48. The fraction of sp³-hybridized carbons (Fsp3) is 0.889. The highest BCUT2D eigenvalue weighted by Crippen LogP contribution is 2.17. The Bertz CT molecular complexity index is 182. The van der Waals surface area contributed by atoms with Gasteiger partial charge in [0, 0.05) is 20.1 Å². The molecule has 0 radical (unpaired) electrons. The second kappa shape index (κ2) is 5.07. The van der Waals surface area contributed by atoms with Gasteiger partial charge in [-0.3, -0.25) is 4.99 Å². The van der Waals surface area contributed by atoms with Gasteiger partial charge >= 0.3 is 0 Å². The summed E-state index contributed by atoms with van der Waals surface area (Å²) in [6, 6.07) is 0.370. The molecule has 1 aliphatic rings. The van der Waals surface area contributed by atoms with Crippen LogP contribution in [0.1, 0.15) is 25.7 Å². The number of rotatable bonds is 1. The van der Waals surface area contributed by atoms with Crippen molar-refractivity contribution in [2.75, 3.05) is 14.1 Å². The van der Waals surface area contributed by atoms with Crippen molar-refractivity contribution in [3.05, 3.63) is 0 Å². The highest BCUT2D eigenvalue weighted by molar-refractivity contribution is 5.79. The number of guanidine groups is 1. The first kappa shape index (κ1) is 10.3. The molecule has 0 heterocycles. The minimum Gasteiger partial charge on any atom is -0.393 e. The lowest BCUT2D eigenvalue weighted by atomic mass is 9.93. The minimum atomic E-state index is -0.138. The van der Waals surface area contributed by atoms with Gasteiger partial charge in [-0.1, -0.05) is 0 Å². The molecule has 0 saturated heterocycles. The molecule has 1 rings (SSSR count). The zero-order valence-corrected chi connectivity index (χ0v) is 8.38. The summed E-state index contributed by atoms with van der Waals surface area (Å²) < 4.78 is 0. The molecule has 4 nitrogen and oxygen atoms in total. The molecule has 0 amide bonds. The first-order valence-corrected chi connectivity index (χ1v) is 4.85. The lowest BCUT2D eigenvalue weighted by Crippen LogP contribution is -2.44.